The molecular formula is C129H88N4O2. The van der Waals surface area contributed by atoms with Crippen molar-refractivity contribution in [3.8, 4) is 56.9 Å². The van der Waals surface area contributed by atoms with Gasteiger partial charge >= 0.3 is 0 Å². The highest BCUT2D eigenvalue weighted by Crippen LogP contribution is 2.56. The Hall–Kier alpha value is -16.8. The maximum Gasteiger partial charge on any atom is 0.133 e. The van der Waals surface area contributed by atoms with E-state index in [1.165, 1.54) is 240 Å². The second kappa shape index (κ2) is 28.6. The molecule has 636 valence electrons. The van der Waals surface area contributed by atoms with Crippen molar-refractivity contribution >= 4 is 184 Å². The van der Waals surface area contributed by atoms with Crippen LogP contribution in [-0.4, -0.2) is 18.3 Å². The van der Waals surface area contributed by atoms with Crippen LogP contribution in [-0.2, 0) is 16.2 Å². The van der Waals surface area contributed by atoms with E-state index >= 15 is 0 Å². The molecule has 0 saturated heterocycles. The molecule has 30 rings (SSSR count). The summed E-state index contributed by atoms with van der Waals surface area (Å²) < 4.78 is 22.9. The molecule has 0 amide bonds. The first-order valence-electron chi connectivity index (χ1n) is 47.2. The van der Waals surface area contributed by atoms with Crippen LogP contribution < -0.4 is 9.47 Å². The molecule has 0 saturated carbocycles. The van der Waals surface area contributed by atoms with Gasteiger partial charge in [-0.15, -0.1) is 0 Å². The van der Waals surface area contributed by atoms with Crippen LogP contribution in [0.3, 0.4) is 0 Å². The molecule has 0 spiro atoms. The van der Waals surface area contributed by atoms with Gasteiger partial charge in [0.2, 0.25) is 0 Å². The number of benzene rings is 23. The molecule has 4 aromatic heterocycles. The lowest BCUT2D eigenvalue weighted by atomic mass is 9.75. The van der Waals surface area contributed by atoms with Gasteiger partial charge in [0.1, 0.15) is 23.0 Å². The second-order valence-electron chi connectivity index (χ2n) is 38.8. The van der Waals surface area contributed by atoms with Gasteiger partial charge in [-0.05, 0) is 241 Å². The van der Waals surface area contributed by atoms with Crippen molar-refractivity contribution in [3.05, 3.63) is 458 Å². The first kappa shape index (κ1) is 77.0. The molecule has 2 aliphatic heterocycles. The predicted octanol–water partition coefficient (Wildman–Crippen LogP) is 35.0. The quantitative estimate of drug-likeness (QED) is 0.165. The molecule has 6 heterocycles. The number of rotatable bonds is 4. The number of para-hydroxylation sites is 6. The second-order valence-corrected chi connectivity index (χ2v) is 38.8. The summed E-state index contributed by atoms with van der Waals surface area (Å²) >= 11 is 0. The van der Waals surface area contributed by atoms with Gasteiger partial charge in [-0.1, -0.05) is 339 Å². The van der Waals surface area contributed by atoms with Crippen molar-refractivity contribution in [2.45, 2.75) is 57.8 Å². The fraction of sp³-hybridized carbons (Fsp3) is 0.0698. The molecule has 1 aliphatic carbocycles. The lowest BCUT2D eigenvalue weighted by molar-refractivity contribution is 0.418. The minimum Gasteiger partial charge on any atom is -0.457 e. The Balaban J connectivity index is 0.000000102. The van der Waals surface area contributed by atoms with Gasteiger partial charge in [0.05, 0.1) is 44.1 Å². The summed E-state index contributed by atoms with van der Waals surface area (Å²) in [6, 6.07) is 156. The van der Waals surface area contributed by atoms with Crippen LogP contribution in [0.2, 0.25) is 0 Å². The van der Waals surface area contributed by atoms with Crippen molar-refractivity contribution in [1.82, 2.24) is 18.3 Å². The molecule has 0 unspecified atom stereocenters. The van der Waals surface area contributed by atoms with Crippen LogP contribution in [0, 0.1) is 0 Å². The fourth-order valence-corrected chi connectivity index (χ4v) is 24.3. The van der Waals surface area contributed by atoms with Gasteiger partial charge in [-0.25, -0.2) is 0 Å². The molecule has 27 aromatic rings. The Morgan fingerprint density at radius 1 is 0.141 bits per heavy atom. The number of nitrogens with zero attached hydrogens (tertiary/aromatic N) is 4. The van der Waals surface area contributed by atoms with E-state index in [0.29, 0.717) is 0 Å². The van der Waals surface area contributed by atoms with Gasteiger partial charge in [0.25, 0.3) is 0 Å². The van der Waals surface area contributed by atoms with Crippen LogP contribution >= 0.6 is 0 Å². The van der Waals surface area contributed by atoms with E-state index < -0.39 is 0 Å². The zero-order valence-electron chi connectivity index (χ0n) is 75.5. The first-order chi connectivity index (χ1) is 66.2. The molecule has 3 aliphatic rings. The lowest BCUT2D eigenvalue weighted by Crippen LogP contribution is -2.24. The molecule has 135 heavy (non-hydrogen) atoms. The van der Waals surface area contributed by atoms with Crippen molar-refractivity contribution in [2.24, 2.45) is 0 Å². The first-order valence-corrected chi connectivity index (χ1v) is 47.2. The Morgan fingerprint density at radius 3 is 0.785 bits per heavy atom. The van der Waals surface area contributed by atoms with E-state index in [1.807, 2.05) is 0 Å². The van der Waals surface area contributed by atoms with E-state index in [-0.39, 0.29) is 16.2 Å². The van der Waals surface area contributed by atoms with E-state index in [4.69, 9.17) is 9.47 Å². The van der Waals surface area contributed by atoms with E-state index in [9.17, 15) is 0 Å². The van der Waals surface area contributed by atoms with Gasteiger partial charge in [0.15, 0.2) is 0 Å². The summed E-state index contributed by atoms with van der Waals surface area (Å²) in [5.74, 6) is 3.76. The number of aromatic nitrogens is 4. The van der Waals surface area contributed by atoms with Crippen LogP contribution in [0.5, 0.6) is 23.0 Å². The number of ether oxygens (including phenoxy) is 2. The molecule has 23 aromatic carbocycles. The highest BCUT2D eigenvalue weighted by Gasteiger charge is 2.40. The van der Waals surface area contributed by atoms with E-state index in [2.05, 4.69) is 484 Å². The topological polar surface area (TPSA) is 38.2 Å². The Labute approximate surface area is 779 Å². The normalized spacial score (nSPS) is 13.9. The summed E-state index contributed by atoms with van der Waals surface area (Å²) in [5.41, 5.74) is 24.2. The maximum atomic E-state index is 6.57. The average molecular weight is 1730 g/mol. The summed E-state index contributed by atoms with van der Waals surface area (Å²) in [7, 11) is 0. The highest BCUT2D eigenvalue weighted by atomic mass is 16.5. The molecule has 0 atom stereocenters. The number of hydrogen-bond acceptors (Lipinski definition) is 2. The van der Waals surface area contributed by atoms with Crippen molar-refractivity contribution in [2.75, 3.05) is 0 Å². The standard InChI is InChI=1S/C51H34N2.2C39H27NO/c1-51(2)45-20-10-7-17-38(45)42-29-44-43-28-32(52-47-21-11-8-18-39(47)40-19-9-12-22-48(40)52)24-26-49(43)53(50(44)30-46(42)51)31-23-25-37-35-15-4-3-13-33(35)34-14-5-6-16-36(34)41(37)27-31;1-39(2)33-16-8-10-18-37(33)41-38-22-32-30-15-7-9-17-35(30)40(36(32)23-34(38)39)24-19-20-29-27-13-4-3-11-25(27)26-12-5-6-14-28(26)31(29)21-24;1-39(2)33-16-8-10-18-37(33)41-38-23-36-32(22-34(38)39)30-15-7-9-17-35(30)40(36)24-19-20-29-27-13-4-3-11-25(27)26-12-5-6-14-28(26)31(29)21-24/h3-30H,1-2H3;2*3-23H,1-2H3. The lowest BCUT2D eigenvalue weighted by Gasteiger charge is -2.34. The predicted molar refractivity (Wildman–Crippen MR) is 569 cm³/mol. The monoisotopic (exact) mass is 1720 g/mol. The summed E-state index contributed by atoms with van der Waals surface area (Å²) in [5, 5.41) is 33.2. The third-order valence-corrected chi connectivity index (χ3v) is 30.7. The smallest absolute Gasteiger partial charge is 0.133 e. The van der Waals surface area contributed by atoms with Crippen molar-refractivity contribution < 1.29 is 9.47 Å². The molecule has 0 N–H and O–H groups in total. The van der Waals surface area contributed by atoms with E-state index in [0.717, 1.165) is 34.2 Å². The Morgan fingerprint density at radius 2 is 0.385 bits per heavy atom. The van der Waals surface area contributed by atoms with Gasteiger partial charge in [-0.3, -0.25) is 0 Å². The largest absolute Gasteiger partial charge is 0.457 e. The Kier molecular flexibility index (Phi) is 16.3. The summed E-state index contributed by atoms with van der Waals surface area (Å²) in [4.78, 5) is 0. The fourth-order valence-electron chi connectivity index (χ4n) is 24.3. The van der Waals surface area contributed by atoms with Crippen LogP contribution in [0.4, 0.5) is 0 Å². The number of fused-ring (bicyclic) bond motifs is 37. The third kappa shape index (κ3) is 11.1. The molecule has 6 nitrogen and oxygen atoms in total. The SMILES string of the molecule is CC1(C)c2ccccc2-c2cc3c4cc(-n5c6ccccc6c6ccccc65)ccc4n(-c4ccc5c6ccccc6c6ccccc6c5c4)c3cc21.CC1(C)c2ccccc2Oc2cc3c(cc21)c1ccccc1n3-c1ccc2c3ccccc3c3ccccc3c2c1.CC1(C)c2ccccc2Oc2cc3c4ccccc4n(-c4ccc5c6ccccc6c6ccccc6c5c4)c3cc21. The van der Waals surface area contributed by atoms with Crippen molar-refractivity contribution in [3.63, 3.8) is 0 Å². The zero-order chi connectivity index (χ0) is 89.6. The molecular weight excluding hydrogens is 1640 g/mol. The molecule has 0 bridgehead atoms. The summed E-state index contributed by atoms with van der Waals surface area (Å²) in [6.45, 7) is 14.0. The molecule has 0 radical (unpaired) electrons. The van der Waals surface area contributed by atoms with Crippen LogP contribution in [0.25, 0.3) is 218 Å². The molecule has 6 heteroatoms. The number of hydrogen-bond donors (Lipinski definition) is 0. The zero-order valence-corrected chi connectivity index (χ0v) is 75.5. The average Bonchev–Trinajstić information content (AvgIpc) is 1.45. The third-order valence-electron chi connectivity index (χ3n) is 30.7. The highest BCUT2D eigenvalue weighted by molar-refractivity contribution is 6.29. The van der Waals surface area contributed by atoms with Crippen molar-refractivity contribution in [1.29, 1.82) is 0 Å². The van der Waals surface area contributed by atoms with Gasteiger partial charge < -0.3 is 27.7 Å². The van der Waals surface area contributed by atoms with Crippen LogP contribution in [0.15, 0.2) is 425 Å². The minimum atomic E-state index is -0.182. The van der Waals surface area contributed by atoms with E-state index in [1.54, 1.807) is 0 Å². The summed E-state index contributed by atoms with van der Waals surface area (Å²) in [6.07, 6.45) is 0. The molecule has 0 fully saturated rings. The van der Waals surface area contributed by atoms with Gasteiger partial charge in [0, 0.05) is 110 Å². The maximum absolute atomic E-state index is 6.57. The van der Waals surface area contributed by atoms with Gasteiger partial charge in [-0.2, -0.15) is 0 Å². The van der Waals surface area contributed by atoms with Crippen LogP contribution in [0.1, 0.15) is 74.9 Å². The minimum absolute atomic E-state index is 0.103. The Bertz CT molecular complexity index is 9730.